The molecule has 3 heteroatoms. The minimum atomic E-state index is 0.573. The van der Waals surface area contributed by atoms with Crippen LogP contribution in [0.4, 0.5) is 5.69 Å². The van der Waals surface area contributed by atoms with Crippen molar-refractivity contribution in [2.24, 2.45) is 0 Å². The molecule has 0 radical (unpaired) electrons. The number of aromatic nitrogens is 1. The molecule has 1 atom stereocenters. The molecule has 1 unspecified atom stereocenters. The number of rotatable bonds is 4. The molecule has 0 aliphatic heterocycles. The molecule has 3 nitrogen and oxygen atoms in total. The Labute approximate surface area is 98.7 Å². The van der Waals surface area contributed by atoms with E-state index in [4.69, 9.17) is 5.73 Å². The van der Waals surface area contributed by atoms with Crippen molar-refractivity contribution < 1.29 is 0 Å². The van der Waals surface area contributed by atoms with Crippen LogP contribution in [-0.4, -0.2) is 23.0 Å². The molecule has 1 aromatic heterocycles. The zero-order valence-electron chi connectivity index (χ0n) is 11.0. The third-order valence-electron chi connectivity index (χ3n) is 3.42. The number of hydrogen-bond acceptors (Lipinski definition) is 3. The van der Waals surface area contributed by atoms with Crippen LogP contribution < -0.4 is 5.73 Å². The number of nitrogens with two attached hydrogens (primary N) is 1. The Morgan fingerprint density at radius 3 is 2.62 bits per heavy atom. The third kappa shape index (κ3) is 2.73. The normalized spacial score (nSPS) is 13.1. The van der Waals surface area contributed by atoms with Gasteiger partial charge in [0.1, 0.15) is 0 Å². The number of nitrogens with zero attached hydrogens (tertiary/aromatic N) is 2. The average Bonchev–Trinajstić information content (AvgIpc) is 2.28. The second-order valence-electron chi connectivity index (χ2n) is 4.60. The predicted octanol–water partition coefficient (Wildman–Crippen LogP) is 2.51. The van der Waals surface area contributed by atoms with E-state index in [1.165, 1.54) is 0 Å². The van der Waals surface area contributed by atoms with Gasteiger partial charge in [-0.2, -0.15) is 0 Å². The van der Waals surface area contributed by atoms with Crippen molar-refractivity contribution >= 4 is 5.69 Å². The van der Waals surface area contributed by atoms with Gasteiger partial charge in [0.15, 0.2) is 0 Å². The number of pyridine rings is 1. The Hall–Kier alpha value is -1.09. The van der Waals surface area contributed by atoms with Gasteiger partial charge < -0.3 is 5.73 Å². The minimum Gasteiger partial charge on any atom is -0.398 e. The van der Waals surface area contributed by atoms with E-state index in [0.29, 0.717) is 6.04 Å². The van der Waals surface area contributed by atoms with Gasteiger partial charge in [-0.15, -0.1) is 0 Å². The first kappa shape index (κ1) is 13.0. The third-order valence-corrected chi connectivity index (χ3v) is 3.42. The van der Waals surface area contributed by atoms with E-state index in [-0.39, 0.29) is 0 Å². The second kappa shape index (κ2) is 5.30. The molecule has 0 spiro atoms. The van der Waals surface area contributed by atoms with E-state index in [1.54, 1.807) is 0 Å². The molecule has 2 N–H and O–H groups in total. The summed E-state index contributed by atoms with van der Waals surface area (Å²) in [4.78, 5) is 6.78. The van der Waals surface area contributed by atoms with Crippen LogP contribution in [0.1, 0.15) is 37.1 Å². The van der Waals surface area contributed by atoms with Crippen LogP contribution in [0.5, 0.6) is 0 Å². The van der Waals surface area contributed by atoms with Gasteiger partial charge in [0, 0.05) is 24.5 Å². The molecule has 0 aromatic carbocycles. The Morgan fingerprint density at radius 1 is 1.44 bits per heavy atom. The van der Waals surface area contributed by atoms with E-state index < -0.39 is 0 Å². The van der Waals surface area contributed by atoms with Gasteiger partial charge >= 0.3 is 0 Å². The maximum atomic E-state index is 6.01. The number of nitrogen functional groups attached to an aromatic ring is 1. The van der Waals surface area contributed by atoms with Crippen LogP contribution in [0.25, 0.3) is 0 Å². The summed E-state index contributed by atoms with van der Waals surface area (Å²) in [6.07, 6.45) is 3.01. The molecule has 16 heavy (non-hydrogen) atoms. The van der Waals surface area contributed by atoms with Crippen molar-refractivity contribution in [3.05, 3.63) is 23.0 Å². The molecule has 0 amide bonds. The summed E-state index contributed by atoms with van der Waals surface area (Å²) in [6, 6.07) is 0.573. The van der Waals surface area contributed by atoms with Gasteiger partial charge in [-0.05, 0) is 45.4 Å². The molecule has 0 saturated carbocycles. The average molecular weight is 221 g/mol. The lowest BCUT2D eigenvalue weighted by molar-refractivity contribution is 0.240. The van der Waals surface area contributed by atoms with Crippen LogP contribution in [-0.2, 0) is 6.54 Å². The smallest absolute Gasteiger partial charge is 0.0593 e. The summed E-state index contributed by atoms with van der Waals surface area (Å²) < 4.78 is 0. The highest BCUT2D eigenvalue weighted by Gasteiger charge is 2.11. The predicted molar refractivity (Wildman–Crippen MR) is 69.3 cm³/mol. The molecule has 1 aromatic rings. The molecule has 1 heterocycles. The van der Waals surface area contributed by atoms with Crippen molar-refractivity contribution in [1.82, 2.24) is 9.88 Å². The molecular formula is C13H23N3. The zero-order chi connectivity index (χ0) is 12.3. The Morgan fingerprint density at radius 2 is 2.06 bits per heavy atom. The van der Waals surface area contributed by atoms with Crippen LogP contribution in [0.2, 0.25) is 0 Å². The molecule has 1 rings (SSSR count). The maximum Gasteiger partial charge on any atom is 0.0593 e. The van der Waals surface area contributed by atoms with Gasteiger partial charge in [-0.25, -0.2) is 0 Å². The Balaban J connectivity index is 2.86. The van der Waals surface area contributed by atoms with Crippen molar-refractivity contribution in [3.8, 4) is 0 Å². The summed E-state index contributed by atoms with van der Waals surface area (Å²) in [5, 5.41) is 0. The van der Waals surface area contributed by atoms with Crippen LogP contribution in [0.3, 0.4) is 0 Å². The number of hydrogen-bond donors (Lipinski definition) is 1. The van der Waals surface area contributed by atoms with Crippen LogP contribution in [0.15, 0.2) is 6.20 Å². The van der Waals surface area contributed by atoms with E-state index in [1.807, 2.05) is 13.1 Å². The molecule has 0 fully saturated rings. The summed E-state index contributed by atoms with van der Waals surface area (Å²) in [6.45, 7) is 9.34. The minimum absolute atomic E-state index is 0.573. The lowest BCUT2D eigenvalue weighted by atomic mass is 10.1. The second-order valence-corrected chi connectivity index (χ2v) is 4.60. The summed E-state index contributed by atoms with van der Waals surface area (Å²) in [7, 11) is 2.13. The lowest BCUT2D eigenvalue weighted by Gasteiger charge is -2.24. The first-order valence-corrected chi connectivity index (χ1v) is 5.88. The van der Waals surface area contributed by atoms with Crippen molar-refractivity contribution in [2.45, 2.75) is 46.7 Å². The van der Waals surface area contributed by atoms with Gasteiger partial charge in [0.2, 0.25) is 0 Å². The first-order valence-electron chi connectivity index (χ1n) is 5.88. The summed E-state index contributed by atoms with van der Waals surface area (Å²) in [5.74, 6) is 0. The van der Waals surface area contributed by atoms with Crippen molar-refractivity contribution in [3.63, 3.8) is 0 Å². The fraction of sp³-hybridized carbons (Fsp3) is 0.615. The molecule has 0 bridgehead atoms. The largest absolute Gasteiger partial charge is 0.398 e. The van der Waals surface area contributed by atoms with E-state index in [9.17, 15) is 0 Å². The quantitative estimate of drug-likeness (QED) is 0.849. The van der Waals surface area contributed by atoms with E-state index >= 15 is 0 Å². The Bertz CT molecular complexity index is 360. The van der Waals surface area contributed by atoms with Gasteiger partial charge in [0.25, 0.3) is 0 Å². The first-order chi connectivity index (χ1) is 7.47. The van der Waals surface area contributed by atoms with Crippen LogP contribution in [0, 0.1) is 13.8 Å². The van der Waals surface area contributed by atoms with Crippen molar-refractivity contribution in [2.75, 3.05) is 12.8 Å². The molecule has 90 valence electrons. The fourth-order valence-corrected chi connectivity index (χ4v) is 1.66. The van der Waals surface area contributed by atoms with Crippen molar-refractivity contribution in [1.29, 1.82) is 0 Å². The van der Waals surface area contributed by atoms with Crippen LogP contribution >= 0.6 is 0 Å². The van der Waals surface area contributed by atoms with E-state index in [0.717, 1.165) is 35.5 Å². The summed E-state index contributed by atoms with van der Waals surface area (Å²) in [5.41, 5.74) is 10.2. The zero-order valence-corrected chi connectivity index (χ0v) is 11.0. The van der Waals surface area contributed by atoms with Gasteiger partial charge in [0.05, 0.1) is 5.69 Å². The highest BCUT2D eigenvalue weighted by molar-refractivity contribution is 5.53. The fourth-order valence-electron chi connectivity index (χ4n) is 1.66. The molecule has 0 saturated heterocycles. The maximum absolute atomic E-state index is 6.01. The monoisotopic (exact) mass is 221 g/mol. The topological polar surface area (TPSA) is 42.2 Å². The number of anilines is 1. The molecule has 0 aliphatic carbocycles. The van der Waals surface area contributed by atoms with Gasteiger partial charge in [-0.1, -0.05) is 6.92 Å². The molecule has 0 aliphatic rings. The molecular weight excluding hydrogens is 198 g/mol. The number of aryl methyl sites for hydroxylation is 1. The SMILES string of the molecule is CCC(C)N(C)Cc1ncc(C)c(N)c1C. The Kier molecular flexibility index (Phi) is 4.30. The highest BCUT2D eigenvalue weighted by atomic mass is 15.1. The lowest BCUT2D eigenvalue weighted by Crippen LogP contribution is -2.28. The standard InChI is InChI=1S/C13H23N3/c1-6-10(3)16(5)8-12-11(4)13(14)9(2)7-15-12/h7,10H,6,8H2,1-5H3,(H2,14,15). The highest BCUT2D eigenvalue weighted by Crippen LogP contribution is 2.19. The summed E-state index contributed by atoms with van der Waals surface area (Å²) >= 11 is 0. The van der Waals surface area contributed by atoms with E-state index in [2.05, 4.69) is 37.7 Å². The van der Waals surface area contributed by atoms with Gasteiger partial charge in [-0.3, -0.25) is 9.88 Å².